The second-order valence-corrected chi connectivity index (χ2v) is 6.06. The summed E-state index contributed by atoms with van der Waals surface area (Å²) >= 11 is 0. The summed E-state index contributed by atoms with van der Waals surface area (Å²) in [6, 6.07) is 2.97. The molecule has 4 nitrogen and oxygen atoms in total. The molecule has 0 aliphatic carbocycles. The molecule has 1 aromatic rings. The standard InChI is InChI=1S/C17H24F2N2O2/c1-3-15(13-5-4-12(18)10-14(13)19)21-16(22)17(11-23-2)6-8-20-9-7-17/h4-5,10,15,20H,3,6-9,11H2,1-2H3,(H,21,22). The topological polar surface area (TPSA) is 50.4 Å². The maximum absolute atomic E-state index is 14.0. The Labute approximate surface area is 135 Å². The van der Waals surface area contributed by atoms with Gasteiger partial charge in [-0.15, -0.1) is 0 Å². The lowest BCUT2D eigenvalue weighted by atomic mass is 9.78. The van der Waals surface area contributed by atoms with Gasteiger partial charge >= 0.3 is 0 Å². The average molecular weight is 326 g/mol. The first kappa shape index (κ1) is 17.8. The molecular formula is C17H24F2N2O2. The molecule has 0 spiro atoms. The summed E-state index contributed by atoms with van der Waals surface area (Å²) in [5.74, 6) is -1.39. The number of carbonyl (C=O) groups is 1. The van der Waals surface area contributed by atoms with E-state index in [0.29, 0.717) is 31.4 Å². The van der Waals surface area contributed by atoms with Crippen molar-refractivity contribution in [2.75, 3.05) is 26.8 Å². The number of nitrogens with one attached hydrogen (secondary N) is 2. The van der Waals surface area contributed by atoms with Gasteiger partial charge in [-0.05, 0) is 38.4 Å². The zero-order valence-corrected chi connectivity index (χ0v) is 13.6. The van der Waals surface area contributed by atoms with Crippen molar-refractivity contribution in [3.63, 3.8) is 0 Å². The van der Waals surface area contributed by atoms with Crippen LogP contribution in [0.25, 0.3) is 0 Å². The molecular weight excluding hydrogens is 302 g/mol. The number of methoxy groups -OCH3 is 1. The number of hydrogen-bond donors (Lipinski definition) is 2. The maximum Gasteiger partial charge on any atom is 0.229 e. The number of halogens is 2. The third-order valence-corrected chi connectivity index (χ3v) is 4.51. The molecule has 1 saturated heterocycles. The number of piperidine rings is 1. The molecule has 1 aromatic carbocycles. The Morgan fingerprint density at radius 3 is 2.65 bits per heavy atom. The van der Waals surface area contributed by atoms with Gasteiger partial charge in [0.25, 0.3) is 0 Å². The van der Waals surface area contributed by atoms with Crippen molar-refractivity contribution in [1.29, 1.82) is 0 Å². The van der Waals surface area contributed by atoms with Gasteiger partial charge in [-0.1, -0.05) is 13.0 Å². The fourth-order valence-corrected chi connectivity index (χ4v) is 3.11. The number of benzene rings is 1. The minimum absolute atomic E-state index is 0.128. The van der Waals surface area contributed by atoms with E-state index in [1.165, 1.54) is 12.1 Å². The van der Waals surface area contributed by atoms with E-state index in [2.05, 4.69) is 10.6 Å². The van der Waals surface area contributed by atoms with Crippen LogP contribution in [0.5, 0.6) is 0 Å². The molecule has 1 unspecified atom stereocenters. The average Bonchev–Trinajstić information content (AvgIpc) is 2.54. The van der Waals surface area contributed by atoms with Crippen molar-refractivity contribution < 1.29 is 18.3 Å². The highest BCUT2D eigenvalue weighted by Crippen LogP contribution is 2.31. The smallest absolute Gasteiger partial charge is 0.229 e. The summed E-state index contributed by atoms with van der Waals surface area (Å²) in [5, 5.41) is 6.16. The van der Waals surface area contributed by atoms with Crippen LogP contribution in [0.2, 0.25) is 0 Å². The van der Waals surface area contributed by atoms with E-state index in [4.69, 9.17) is 4.74 Å². The molecule has 1 fully saturated rings. The summed E-state index contributed by atoms with van der Waals surface area (Å²) in [4.78, 5) is 12.8. The monoisotopic (exact) mass is 326 g/mol. The third-order valence-electron chi connectivity index (χ3n) is 4.51. The summed E-state index contributed by atoms with van der Waals surface area (Å²) in [7, 11) is 1.58. The van der Waals surface area contributed by atoms with Crippen LogP contribution in [-0.2, 0) is 9.53 Å². The van der Waals surface area contributed by atoms with Crippen LogP contribution in [0, 0.1) is 17.0 Å². The van der Waals surface area contributed by atoms with E-state index in [0.717, 1.165) is 19.2 Å². The number of rotatable bonds is 6. The van der Waals surface area contributed by atoms with Gasteiger partial charge in [0.2, 0.25) is 5.91 Å². The first-order valence-corrected chi connectivity index (χ1v) is 7.98. The number of amides is 1. The van der Waals surface area contributed by atoms with Gasteiger partial charge < -0.3 is 15.4 Å². The van der Waals surface area contributed by atoms with Crippen LogP contribution >= 0.6 is 0 Å². The number of carbonyl (C=O) groups excluding carboxylic acids is 1. The van der Waals surface area contributed by atoms with Crippen molar-refractivity contribution in [1.82, 2.24) is 10.6 Å². The Kier molecular flexibility index (Phi) is 6.07. The van der Waals surface area contributed by atoms with Gasteiger partial charge in [0.05, 0.1) is 18.1 Å². The summed E-state index contributed by atoms with van der Waals surface area (Å²) in [5.41, 5.74) is -0.284. The highest BCUT2D eigenvalue weighted by atomic mass is 19.1. The van der Waals surface area contributed by atoms with Gasteiger partial charge in [-0.2, -0.15) is 0 Å². The summed E-state index contributed by atoms with van der Waals surface area (Å²) < 4.78 is 32.3. The second-order valence-electron chi connectivity index (χ2n) is 6.06. The van der Waals surface area contributed by atoms with Crippen LogP contribution in [0.4, 0.5) is 8.78 Å². The molecule has 128 valence electrons. The number of ether oxygens (including phenoxy) is 1. The molecule has 0 radical (unpaired) electrons. The molecule has 1 aliphatic rings. The lowest BCUT2D eigenvalue weighted by molar-refractivity contribution is -0.137. The maximum atomic E-state index is 14.0. The minimum atomic E-state index is -0.636. The Morgan fingerprint density at radius 2 is 2.09 bits per heavy atom. The summed E-state index contributed by atoms with van der Waals surface area (Å²) in [6.45, 7) is 3.69. The van der Waals surface area contributed by atoms with Crippen molar-refractivity contribution in [2.24, 2.45) is 5.41 Å². The Morgan fingerprint density at radius 1 is 1.39 bits per heavy atom. The van der Waals surface area contributed by atoms with Gasteiger partial charge in [0.15, 0.2) is 0 Å². The lowest BCUT2D eigenvalue weighted by Crippen LogP contribution is -2.50. The van der Waals surface area contributed by atoms with E-state index in [1.54, 1.807) is 7.11 Å². The molecule has 23 heavy (non-hydrogen) atoms. The van der Waals surface area contributed by atoms with Gasteiger partial charge in [0, 0.05) is 18.7 Å². The minimum Gasteiger partial charge on any atom is -0.384 e. The Bertz CT molecular complexity index is 540. The van der Waals surface area contributed by atoms with Crippen LogP contribution in [0.15, 0.2) is 18.2 Å². The predicted molar refractivity (Wildman–Crippen MR) is 83.9 cm³/mol. The molecule has 1 atom stereocenters. The molecule has 1 aliphatic heterocycles. The van der Waals surface area contributed by atoms with Crippen LogP contribution < -0.4 is 10.6 Å². The van der Waals surface area contributed by atoms with E-state index >= 15 is 0 Å². The van der Waals surface area contributed by atoms with Gasteiger partial charge in [-0.3, -0.25) is 4.79 Å². The predicted octanol–water partition coefficient (Wildman–Crippen LogP) is 2.55. The quantitative estimate of drug-likeness (QED) is 0.845. The first-order valence-electron chi connectivity index (χ1n) is 7.98. The molecule has 1 amide bonds. The molecule has 0 saturated carbocycles. The van der Waals surface area contributed by atoms with Gasteiger partial charge in [-0.25, -0.2) is 8.78 Å². The molecule has 1 heterocycles. The van der Waals surface area contributed by atoms with Crippen molar-refractivity contribution in [3.05, 3.63) is 35.4 Å². The Hall–Kier alpha value is -1.53. The second kappa shape index (κ2) is 7.84. The van der Waals surface area contributed by atoms with Crippen LogP contribution in [0.3, 0.4) is 0 Å². The molecule has 2 rings (SSSR count). The molecule has 0 aromatic heterocycles. The molecule has 2 N–H and O–H groups in total. The fourth-order valence-electron chi connectivity index (χ4n) is 3.11. The first-order chi connectivity index (χ1) is 11.0. The lowest BCUT2D eigenvalue weighted by Gasteiger charge is -2.36. The van der Waals surface area contributed by atoms with Crippen LogP contribution in [-0.4, -0.2) is 32.7 Å². The normalized spacial score (nSPS) is 18.4. The summed E-state index contributed by atoms with van der Waals surface area (Å²) in [6.07, 6.45) is 1.87. The highest BCUT2D eigenvalue weighted by Gasteiger charge is 2.40. The van der Waals surface area contributed by atoms with Gasteiger partial charge in [0.1, 0.15) is 11.6 Å². The Balaban J connectivity index is 2.17. The van der Waals surface area contributed by atoms with Crippen molar-refractivity contribution >= 4 is 5.91 Å². The van der Waals surface area contributed by atoms with Crippen molar-refractivity contribution in [3.8, 4) is 0 Å². The number of hydrogen-bond acceptors (Lipinski definition) is 3. The highest BCUT2D eigenvalue weighted by molar-refractivity contribution is 5.83. The van der Waals surface area contributed by atoms with Crippen molar-refractivity contribution in [2.45, 2.75) is 32.2 Å². The van der Waals surface area contributed by atoms with E-state index < -0.39 is 23.1 Å². The molecule has 6 heteroatoms. The van der Waals surface area contributed by atoms with Crippen LogP contribution in [0.1, 0.15) is 37.8 Å². The SMILES string of the molecule is CCC(NC(=O)C1(COC)CCNCC1)c1ccc(F)cc1F. The van der Waals surface area contributed by atoms with E-state index in [-0.39, 0.29) is 5.91 Å². The van der Waals surface area contributed by atoms with E-state index in [1.807, 2.05) is 6.92 Å². The largest absolute Gasteiger partial charge is 0.384 e. The zero-order chi connectivity index (χ0) is 16.9. The fraction of sp³-hybridized carbons (Fsp3) is 0.588. The zero-order valence-electron chi connectivity index (χ0n) is 13.6. The third kappa shape index (κ3) is 4.06. The van der Waals surface area contributed by atoms with E-state index in [9.17, 15) is 13.6 Å². The molecule has 0 bridgehead atoms.